The minimum absolute atomic E-state index is 1.19. The molecule has 0 spiro atoms. The van der Waals surface area contributed by atoms with Crippen LogP contribution in [0.3, 0.4) is 0 Å². The third-order valence-electron chi connectivity index (χ3n) is 7.13. The van der Waals surface area contributed by atoms with Crippen LogP contribution in [-0.4, -0.2) is 0 Å². The van der Waals surface area contributed by atoms with Crippen molar-refractivity contribution in [1.82, 2.24) is 0 Å². The van der Waals surface area contributed by atoms with Crippen LogP contribution in [0.4, 0.5) is 0 Å². The molecule has 0 atom stereocenters. The molecule has 0 saturated heterocycles. The van der Waals surface area contributed by atoms with E-state index in [1.54, 1.807) is 0 Å². The van der Waals surface area contributed by atoms with Crippen molar-refractivity contribution in [3.8, 4) is 0 Å². The van der Waals surface area contributed by atoms with E-state index in [1.807, 2.05) is 12.2 Å². The predicted molar refractivity (Wildman–Crippen MR) is 164 cm³/mol. The molecule has 0 amide bonds. The Balaban J connectivity index is 0.000000201. The molecule has 0 radical (unpaired) electrons. The summed E-state index contributed by atoms with van der Waals surface area (Å²) in [6.07, 6.45) is 16.9. The van der Waals surface area contributed by atoms with E-state index < -0.39 is 0 Å². The fourth-order valence-electron chi connectivity index (χ4n) is 5.08. The van der Waals surface area contributed by atoms with Crippen LogP contribution in [0.2, 0.25) is 0 Å². The zero-order valence-corrected chi connectivity index (χ0v) is 22.6. The molecule has 4 aromatic rings. The standard InChI is InChI=1S/2C18H22/c2*1-3-5-6-7-10-16-12-9-13-17-15(4-2)11-8-14-18(16)17/h2*4,8-9,11-14H,2-3,5-7,10H2,1H3. The highest BCUT2D eigenvalue weighted by atomic mass is 14.1. The van der Waals surface area contributed by atoms with Gasteiger partial charge >= 0.3 is 0 Å². The van der Waals surface area contributed by atoms with Gasteiger partial charge in [0.05, 0.1) is 0 Å². The van der Waals surface area contributed by atoms with Gasteiger partial charge in [-0.25, -0.2) is 0 Å². The van der Waals surface area contributed by atoms with Crippen LogP contribution in [0.5, 0.6) is 0 Å². The van der Waals surface area contributed by atoms with Gasteiger partial charge in [0.1, 0.15) is 0 Å². The molecule has 0 aliphatic rings. The summed E-state index contributed by atoms with van der Waals surface area (Å²) in [6, 6.07) is 26.3. The Labute approximate surface area is 219 Å². The third-order valence-corrected chi connectivity index (χ3v) is 7.13. The van der Waals surface area contributed by atoms with E-state index in [0.717, 1.165) is 0 Å². The average molecular weight is 477 g/mol. The molecule has 0 nitrogen and oxygen atoms in total. The zero-order chi connectivity index (χ0) is 25.6. The van der Waals surface area contributed by atoms with Crippen molar-refractivity contribution in [3.05, 3.63) is 108 Å². The highest BCUT2D eigenvalue weighted by Crippen LogP contribution is 2.26. The molecule has 0 saturated carbocycles. The number of fused-ring (bicyclic) bond motifs is 2. The van der Waals surface area contributed by atoms with Crippen molar-refractivity contribution < 1.29 is 0 Å². The van der Waals surface area contributed by atoms with Gasteiger partial charge in [-0.1, -0.05) is 150 Å². The average Bonchev–Trinajstić information content (AvgIpc) is 2.93. The lowest BCUT2D eigenvalue weighted by Crippen LogP contribution is -1.89. The lowest BCUT2D eigenvalue weighted by Gasteiger charge is -2.08. The molecule has 0 aliphatic carbocycles. The summed E-state index contributed by atoms with van der Waals surface area (Å²) in [5.74, 6) is 0. The van der Waals surface area contributed by atoms with Gasteiger partial charge in [0.15, 0.2) is 0 Å². The normalized spacial score (nSPS) is 10.7. The Morgan fingerprint density at radius 3 is 1.25 bits per heavy atom. The molecule has 0 bridgehead atoms. The monoisotopic (exact) mass is 476 g/mol. The Morgan fingerprint density at radius 1 is 0.472 bits per heavy atom. The van der Waals surface area contributed by atoms with Crippen LogP contribution in [0.1, 0.15) is 87.5 Å². The van der Waals surface area contributed by atoms with Gasteiger partial charge in [0.2, 0.25) is 0 Å². The summed E-state index contributed by atoms with van der Waals surface area (Å²) in [4.78, 5) is 0. The maximum atomic E-state index is 3.90. The topological polar surface area (TPSA) is 0 Å². The van der Waals surface area contributed by atoms with Gasteiger partial charge < -0.3 is 0 Å². The maximum Gasteiger partial charge on any atom is -0.0109 e. The fourth-order valence-corrected chi connectivity index (χ4v) is 5.08. The summed E-state index contributed by atoms with van der Waals surface area (Å²) in [5.41, 5.74) is 5.44. The molecule has 36 heavy (non-hydrogen) atoms. The molecule has 0 aromatic heterocycles. The molecule has 188 valence electrons. The Kier molecular flexibility index (Phi) is 11.5. The largest absolute Gasteiger partial charge is 0.0984 e. The van der Waals surface area contributed by atoms with E-state index in [9.17, 15) is 0 Å². The molecule has 4 aromatic carbocycles. The zero-order valence-electron chi connectivity index (χ0n) is 22.6. The highest BCUT2D eigenvalue weighted by Gasteiger charge is 2.04. The molecular weight excluding hydrogens is 432 g/mol. The molecule has 0 N–H and O–H groups in total. The first-order valence-corrected chi connectivity index (χ1v) is 14.0. The van der Waals surface area contributed by atoms with Gasteiger partial charge in [-0.15, -0.1) is 0 Å². The van der Waals surface area contributed by atoms with E-state index in [0.29, 0.717) is 0 Å². The number of hydrogen-bond acceptors (Lipinski definition) is 0. The second kappa shape index (κ2) is 15.1. The van der Waals surface area contributed by atoms with Crippen LogP contribution >= 0.6 is 0 Å². The molecule has 0 unspecified atom stereocenters. The number of unbranched alkanes of at least 4 members (excludes halogenated alkanes) is 6. The molecule has 0 aliphatic heterocycles. The summed E-state index contributed by atoms with van der Waals surface area (Å²) in [6.45, 7) is 12.3. The van der Waals surface area contributed by atoms with Crippen molar-refractivity contribution in [1.29, 1.82) is 0 Å². The number of hydrogen-bond donors (Lipinski definition) is 0. The van der Waals surface area contributed by atoms with Gasteiger partial charge in [-0.05, 0) is 69.5 Å². The lowest BCUT2D eigenvalue weighted by atomic mass is 9.96. The molecule has 4 rings (SSSR count). The number of rotatable bonds is 12. The van der Waals surface area contributed by atoms with Crippen molar-refractivity contribution in [2.24, 2.45) is 0 Å². The van der Waals surface area contributed by atoms with E-state index in [1.165, 1.54) is 108 Å². The highest BCUT2D eigenvalue weighted by molar-refractivity contribution is 5.93. The quantitative estimate of drug-likeness (QED) is 0.178. The third kappa shape index (κ3) is 7.44. The fraction of sp³-hybridized carbons (Fsp3) is 0.333. The molecule has 0 heterocycles. The first kappa shape index (κ1) is 27.5. The van der Waals surface area contributed by atoms with Crippen LogP contribution in [0, 0.1) is 0 Å². The second-order valence-corrected chi connectivity index (χ2v) is 9.75. The molecule has 0 heteroatoms. The van der Waals surface area contributed by atoms with Crippen LogP contribution < -0.4 is 0 Å². The first-order chi connectivity index (χ1) is 17.7. The first-order valence-electron chi connectivity index (χ1n) is 14.0. The van der Waals surface area contributed by atoms with Gasteiger partial charge in [0, 0.05) is 0 Å². The second-order valence-electron chi connectivity index (χ2n) is 9.75. The van der Waals surface area contributed by atoms with Crippen LogP contribution in [0.15, 0.2) is 86.0 Å². The predicted octanol–water partition coefficient (Wildman–Crippen LogP) is 11.2. The number of benzene rings is 4. The van der Waals surface area contributed by atoms with Crippen LogP contribution in [0.25, 0.3) is 33.7 Å². The van der Waals surface area contributed by atoms with E-state index >= 15 is 0 Å². The van der Waals surface area contributed by atoms with Gasteiger partial charge in [0.25, 0.3) is 0 Å². The van der Waals surface area contributed by atoms with Crippen LogP contribution in [-0.2, 0) is 12.8 Å². The number of aryl methyl sites for hydroxylation is 2. The minimum atomic E-state index is 1.19. The Bertz CT molecular complexity index is 1140. The van der Waals surface area contributed by atoms with Crippen molar-refractivity contribution in [2.75, 3.05) is 0 Å². The van der Waals surface area contributed by atoms with Crippen molar-refractivity contribution in [2.45, 2.75) is 78.1 Å². The van der Waals surface area contributed by atoms with Gasteiger partial charge in [-0.3, -0.25) is 0 Å². The van der Waals surface area contributed by atoms with E-state index in [-0.39, 0.29) is 0 Å². The summed E-state index contributed by atoms with van der Waals surface area (Å²) >= 11 is 0. The maximum absolute atomic E-state index is 3.90. The molecule has 0 fully saturated rings. The van der Waals surface area contributed by atoms with Crippen molar-refractivity contribution in [3.63, 3.8) is 0 Å². The smallest absolute Gasteiger partial charge is 0.0109 e. The van der Waals surface area contributed by atoms with E-state index in [2.05, 4.69) is 99.8 Å². The summed E-state index contributed by atoms with van der Waals surface area (Å²) in [7, 11) is 0. The molecular formula is C36H44. The summed E-state index contributed by atoms with van der Waals surface area (Å²) < 4.78 is 0. The SMILES string of the molecule is C=Cc1cccc2c(CCCCCC)cccc12.C=Cc1cccc2c(CCCCCC)cccc12. The summed E-state index contributed by atoms with van der Waals surface area (Å²) in [5, 5.41) is 5.46. The Morgan fingerprint density at radius 2 is 0.861 bits per heavy atom. The lowest BCUT2D eigenvalue weighted by molar-refractivity contribution is 0.668. The Hall–Kier alpha value is -3.12. The van der Waals surface area contributed by atoms with Gasteiger partial charge in [-0.2, -0.15) is 0 Å². The minimum Gasteiger partial charge on any atom is -0.0984 e. The van der Waals surface area contributed by atoms with E-state index in [4.69, 9.17) is 0 Å². The van der Waals surface area contributed by atoms with Crippen molar-refractivity contribution >= 4 is 33.7 Å².